The maximum Gasteiger partial charge on any atom is 0.306 e. The number of sulfonamides is 1. The van der Waals surface area contributed by atoms with Crippen LogP contribution in [0.15, 0.2) is 9.00 Å². The van der Waals surface area contributed by atoms with E-state index in [0.29, 0.717) is 29.9 Å². The second-order valence-corrected chi connectivity index (χ2v) is 7.15. The highest BCUT2D eigenvalue weighted by atomic mass is 32.2. The van der Waals surface area contributed by atoms with Crippen LogP contribution in [0.25, 0.3) is 0 Å². The fourth-order valence-corrected chi connectivity index (χ4v) is 3.87. The molecule has 1 aromatic heterocycles. The summed E-state index contributed by atoms with van der Waals surface area (Å²) in [5, 5.41) is 8.68. The minimum Gasteiger partial charge on any atom is -0.481 e. The number of aliphatic carboxylic acids is 1. The fourth-order valence-electron chi connectivity index (χ4n) is 1.45. The number of aryl methyl sites for hydroxylation is 1. The Hall–Kier alpha value is -1.19. The second kappa shape index (κ2) is 6.31. The molecule has 0 saturated carbocycles. The Bertz CT molecular complexity index is 602. The van der Waals surface area contributed by atoms with Crippen molar-refractivity contribution in [2.45, 2.75) is 30.9 Å². The van der Waals surface area contributed by atoms with Gasteiger partial charge in [0.15, 0.2) is 4.21 Å². The molecule has 0 saturated heterocycles. The molecule has 1 atom stereocenters. The van der Waals surface area contributed by atoms with Crippen molar-refractivity contribution in [2.24, 2.45) is 5.92 Å². The molecule has 7 nitrogen and oxygen atoms in total. The maximum absolute atomic E-state index is 11.9. The molecular weight excluding hydrogens is 292 g/mol. The van der Waals surface area contributed by atoms with E-state index in [-0.39, 0.29) is 10.8 Å². The van der Waals surface area contributed by atoms with Crippen LogP contribution in [-0.2, 0) is 14.8 Å². The summed E-state index contributed by atoms with van der Waals surface area (Å²) in [5.74, 6) is -1.41. The molecule has 0 radical (unpaired) electrons. The van der Waals surface area contributed by atoms with Gasteiger partial charge in [-0.1, -0.05) is 18.3 Å². The zero-order valence-corrected chi connectivity index (χ0v) is 12.2. The average Bonchev–Trinajstić information content (AvgIpc) is 2.64. The van der Waals surface area contributed by atoms with E-state index in [0.717, 1.165) is 0 Å². The van der Waals surface area contributed by atoms with Crippen molar-refractivity contribution in [3.8, 4) is 0 Å². The van der Waals surface area contributed by atoms with Crippen LogP contribution in [0.3, 0.4) is 0 Å². The Balaban J connectivity index is 2.55. The van der Waals surface area contributed by atoms with Gasteiger partial charge in [0.1, 0.15) is 0 Å². The van der Waals surface area contributed by atoms with Crippen molar-refractivity contribution in [3.63, 3.8) is 0 Å². The molecule has 1 unspecified atom stereocenters. The lowest BCUT2D eigenvalue weighted by atomic mass is 10.1. The van der Waals surface area contributed by atoms with Gasteiger partial charge in [-0.15, -0.1) is 0 Å². The number of thiazole rings is 1. The first-order valence-corrected chi connectivity index (χ1v) is 7.96. The van der Waals surface area contributed by atoms with E-state index in [2.05, 4.69) is 9.71 Å². The first-order valence-electron chi connectivity index (χ1n) is 5.66. The predicted octanol–water partition coefficient (Wildman–Crippen LogP) is 0.524. The molecule has 0 amide bonds. The summed E-state index contributed by atoms with van der Waals surface area (Å²) >= 11 is 0.635. The van der Waals surface area contributed by atoms with E-state index in [9.17, 15) is 18.0 Å². The summed E-state index contributed by atoms with van der Waals surface area (Å²) in [7, 11) is -3.70. The molecule has 0 spiro atoms. The third-order valence-electron chi connectivity index (χ3n) is 2.55. The molecule has 0 aromatic carbocycles. The van der Waals surface area contributed by atoms with Gasteiger partial charge in [-0.3, -0.25) is 9.59 Å². The molecule has 0 aliphatic heterocycles. The van der Waals surface area contributed by atoms with Crippen LogP contribution in [0, 0.1) is 12.8 Å². The second-order valence-electron chi connectivity index (χ2n) is 4.21. The minimum atomic E-state index is -3.70. The van der Waals surface area contributed by atoms with Crippen LogP contribution in [0.2, 0.25) is 0 Å². The molecule has 108 valence electrons. The largest absolute Gasteiger partial charge is 0.481 e. The third-order valence-corrected chi connectivity index (χ3v) is 5.62. The van der Waals surface area contributed by atoms with Crippen LogP contribution in [0.5, 0.6) is 0 Å². The van der Waals surface area contributed by atoms with Gasteiger partial charge in [-0.25, -0.2) is 13.1 Å². The normalized spacial score (nSPS) is 13.4. The highest BCUT2D eigenvalue weighted by Gasteiger charge is 2.20. The van der Waals surface area contributed by atoms with Gasteiger partial charge in [0, 0.05) is 12.2 Å². The number of aromatic nitrogens is 1. The highest BCUT2D eigenvalue weighted by molar-refractivity contribution is 7.91. The topological polar surface area (TPSA) is 116 Å². The number of nitrogens with one attached hydrogen (secondary N) is 2. The monoisotopic (exact) mass is 308 g/mol. The Morgan fingerprint density at radius 1 is 1.53 bits per heavy atom. The molecule has 0 bridgehead atoms. The molecule has 1 aromatic rings. The minimum absolute atomic E-state index is 0.0243. The molecule has 19 heavy (non-hydrogen) atoms. The van der Waals surface area contributed by atoms with E-state index >= 15 is 0 Å². The Morgan fingerprint density at radius 2 is 2.16 bits per heavy atom. The predicted molar refractivity (Wildman–Crippen MR) is 70.9 cm³/mol. The summed E-state index contributed by atoms with van der Waals surface area (Å²) < 4.78 is 26.1. The average molecular weight is 308 g/mol. The van der Waals surface area contributed by atoms with Crippen molar-refractivity contribution in [2.75, 3.05) is 6.54 Å². The lowest BCUT2D eigenvalue weighted by Crippen LogP contribution is -2.25. The van der Waals surface area contributed by atoms with Gasteiger partial charge in [0.25, 0.3) is 10.0 Å². The van der Waals surface area contributed by atoms with E-state index in [1.807, 2.05) is 0 Å². The molecule has 9 heteroatoms. The first kappa shape index (κ1) is 15.9. The summed E-state index contributed by atoms with van der Waals surface area (Å²) in [6, 6.07) is 0. The van der Waals surface area contributed by atoms with Gasteiger partial charge < -0.3 is 10.1 Å². The quantitative estimate of drug-likeness (QED) is 0.635. The van der Waals surface area contributed by atoms with Crippen LogP contribution < -0.4 is 9.60 Å². The van der Waals surface area contributed by atoms with E-state index < -0.39 is 26.8 Å². The number of carboxylic acids is 1. The van der Waals surface area contributed by atoms with Crippen LogP contribution >= 0.6 is 11.3 Å². The molecule has 0 aliphatic carbocycles. The number of hydrogen-bond acceptors (Lipinski definition) is 5. The molecule has 0 fully saturated rings. The standard InChI is InChI=1S/C10H16N2O5S2/c1-6(8(13)14)4-3-5-11-19(16,17)9-7(2)12-10(15)18-9/h6,11H,3-5H2,1-2H3,(H,12,15)(H,13,14). The zero-order valence-electron chi connectivity index (χ0n) is 10.6. The molecule has 0 aliphatic rings. The number of aromatic amines is 1. The van der Waals surface area contributed by atoms with Crippen molar-refractivity contribution in [3.05, 3.63) is 15.4 Å². The van der Waals surface area contributed by atoms with E-state index in [4.69, 9.17) is 5.11 Å². The van der Waals surface area contributed by atoms with Gasteiger partial charge in [0.05, 0.1) is 5.92 Å². The van der Waals surface area contributed by atoms with Crippen LogP contribution in [0.4, 0.5) is 0 Å². The summed E-state index contributed by atoms with van der Waals surface area (Å²) in [5.41, 5.74) is 0.307. The van der Waals surface area contributed by atoms with Gasteiger partial charge in [0.2, 0.25) is 0 Å². The van der Waals surface area contributed by atoms with Gasteiger partial charge in [-0.05, 0) is 19.8 Å². The third kappa shape index (κ3) is 4.44. The molecule has 3 N–H and O–H groups in total. The smallest absolute Gasteiger partial charge is 0.306 e. The van der Waals surface area contributed by atoms with Crippen molar-refractivity contribution in [1.29, 1.82) is 0 Å². The SMILES string of the molecule is Cc1[nH]c(=O)sc1S(=O)(=O)NCCCC(C)C(=O)O. The molecule has 1 rings (SSSR count). The molecule has 1 heterocycles. The lowest BCUT2D eigenvalue weighted by molar-refractivity contribution is -0.141. The van der Waals surface area contributed by atoms with Crippen molar-refractivity contribution in [1.82, 2.24) is 9.71 Å². The Kier molecular flexibility index (Phi) is 5.27. The number of hydrogen-bond donors (Lipinski definition) is 3. The van der Waals surface area contributed by atoms with Crippen LogP contribution in [0.1, 0.15) is 25.5 Å². The van der Waals surface area contributed by atoms with Gasteiger partial charge >= 0.3 is 10.8 Å². The Labute approximate surface area is 114 Å². The Morgan fingerprint density at radius 3 is 2.63 bits per heavy atom. The number of rotatable bonds is 7. The first-order chi connectivity index (χ1) is 8.74. The summed E-state index contributed by atoms with van der Waals surface area (Å²) in [6.45, 7) is 3.23. The number of carboxylic acid groups (broad SMARTS) is 1. The fraction of sp³-hybridized carbons (Fsp3) is 0.600. The van der Waals surface area contributed by atoms with E-state index in [1.54, 1.807) is 6.92 Å². The maximum atomic E-state index is 11.9. The summed E-state index contributed by atoms with van der Waals surface area (Å²) in [4.78, 5) is 23.6. The van der Waals surface area contributed by atoms with Crippen molar-refractivity contribution < 1.29 is 18.3 Å². The van der Waals surface area contributed by atoms with Gasteiger partial charge in [-0.2, -0.15) is 0 Å². The number of H-pyrrole nitrogens is 1. The van der Waals surface area contributed by atoms with Crippen molar-refractivity contribution >= 4 is 27.3 Å². The number of carbonyl (C=O) groups is 1. The van der Waals surface area contributed by atoms with Crippen LogP contribution in [-0.4, -0.2) is 31.0 Å². The summed E-state index contributed by atoms with van der Waals surface area (Å²) in [6.07, 6.45) is 0.811. The molecular formula is C10H16N2O5S2. The van der Waals surface area contributed by atoms with E-state index in [1.165, 1.54) is 6.92 Å². The highest BCUT2D eigenvalue weighted by Crippen LogP contribution is 2.15. The lowest BCUT2D eigenvalue weighted by Gasteiger charge is -2.07. The zero-order chi connectivity index (χ0) is 14.6.